The van der Waals surface area contributed by atoms with Crippen LogP contribution in [0.2, 0.25) is 0 Å². The van der Waals surface area contributed by atoms with E-state index in [1.165, 1.54) is 13.3 Å². The number of carbonyl (C=O) groups excluding carboxylic acids is 1. The third-order valence-electron chi connectivity index (χ3n) is 2.91. The molecule has 3 rings (SSSR count). The number of nitrogens with zero attached hydrogens (tertiary/aromatic N) is 4. The minimum Gasteiger partial charge on any atom is -0.437 e. The summed E-state index contributed by atoms with van der Waals surface area (Å²) in [6.45, 7) is 3.28. The van der Waals surface area contributed by atoms with E-state index in [2.05, 4.69) is 15.0 Å². The number of rotatable bonds is 2. The van der Waals surface area contributed by atoms with Crippen LogP contribution in [0, 0.1) is 13.0 Å². The Morgan fingerprint density at radius 3 is 2.62 bits per heavy atom. The number of hydrogen-bond donors (Lipinski definition) is 0. The van der Waals surface area contributed by atoms with E-state index < -0.39 is 6.08 Å². The lowest BCUT2D eigenvalue weighted by molar-refractivity contribution is 0.0940. The Morgan fingerprint density at radius 1 is 1.24 bits per heavy atom. The van der Waals surface area contributed by atoms with Crippen LogP contribution in [0.4, 0.5) is 4.39 Å². The first-order valence-corrected chi connectivity index (χ1v) is 6.20. The Bertz CT molecular complexity index is 827. The van der Waals surface area contributed by atoms with Gasteiger partial charge in [0, 0.05) is 6.92 Å². The van der Waals surface area contributed by atoms with E-state index >= 15 is 0 Å². The van der Waals surface area contributed by atoms with E-state index in [9.17, 15) is 9.18 Å². The highest BCUT2D eigenvalue weighted by Gasteiger charge is 2.16. The molecule has 3 aromatic rings. The van der Waals surface area contributed by atoms with Crippen molar-refractivity contribution in [2.24, 2.45) is 0 Å². The molecule has 0 N–H and O–H groups in total. The van der Waals surface area contributed by atoms with Crippen LogP contribution in [0.25, 0.3) is 11.2 Å². The molecule has 0 bridgehead atoms. The van der Waals surface area contributed by atoms with Crippen LogP contribution in [0.3, 0.4) is 0 Å². The SMILES string of the molecule is CC(=O)n1cnc2c(Oc3ccc(C)cc3)nc(F)nc21. The van der Waals surface area contributed by atoms with E-state index in [-0.39, 0.29) is 23.0 Å². The van der Waals surface area contributed by atoms with E-state index in [0.29, 0.717) is 5.75 Å². The summed E-state index contributed by atoms with van der Waals surface area (Å²) in [6, 6.07) is 7.20. The van der Waals surface area contributed by atoms with E-state index in [0.717, 1.165) is 10.1 Å². The predicted molar refractivity (Wildman–Crippen MR) is 72.8 cm³/mol. The van der Waals surface area contributed by atoms with Gasteiger partial charge in [-0.15, -0.1) is 0 Å². The van der Waals surface area contributed by atoms with Crippen LogP contribution < -0.4 is 4.74 Å². The number of aromatic nitrogens is 4. The molecule has 0 amide bonds. The lowest BCUT2D eigenvalue weighted by Crippen LogP contribution is -2.06. The molecule has 2 aromatic heterocycles. The highest BCUT2D eigenvalue weighted by atomic mass is 19.1. The number of hydrogen-bond acceptors (Lipinski definition) is 5. The molecular weight excluding hydrogens is 275 g/mol. The highest BCUT2D eigenvalue weighted by molar-refractivity contribution is 5.88. The number of halogens is 1. The molecule has 0 aliphatic heterocycles. The largest absolute Gasteiger partial charge is 0.437 e. The van der Waals surface area contributed by atoms with Crippen molar-refractivity contribution in [2.75, 3.05) is 0 Å². The fourth-order valence-electron chi connectivity index (χ4n) is 1.87. The Kier molecular flexibility index (Phi) is 3.09. The molecule has 0 aliphatic rings. The van der Waals surface area contributed by atoms with Gasteiger partial charge in [0.15, 0.2) is 11.2 Å². The van der Waals surface area contributed by atoms with Crippen molar-refractivity contribution in [3.8, 4) is 11.6 Å². The van der Waals surface area contributed by atoms with Gasteiger partial charge in [-0.3, -0.25) is 9.36 Å². The standard InChI is InChI=1S/C14H11FN4O2/c1-8-3-5-10(6-4-8)21-13-11-12(17-14(15)18-13)19(7-16-11)9(2)20/h3-7H,1-2H3. The summed E-state index contributed by atoms with van der Waals surface area (Å²) < 4.78 is 20.2. The number of aryl methyl sites for hydroxylation is 1. The first kappa shape index (κ1) is 13.2. The number of benzene rings is 1. The third-order valence-corrected chi connectivity index (χ3v) is 2.91. The number of imidazole rings is 1. The number of fused-ring (bicyclic) bond motifs is 1. The molecule has 0 radical (unpaired) electrons. The molecule has 0 unspecified atom stereocenters. The van der Waals surface area contributed by atoms with Crippen molar-refractivity contribution in [2.45, 2.75) is 13.8 Å². The van der Waals surface area contributed by atoms with E-state index in [1.807, 2.05) is 19.1 Å². The summed E-state index contributed by atoms with van der Waals surface area (Å²) in [4.78, 5) is 22.7. The van der Waals surface area contributed by atoms with E-state index in [4.69, 9.17) is 4.74 Å². The molecule has 7 heteroatoms. The lowest BCUT2D eigenvalue weighted by Gasteiger charge is -2.05. The lowest BCUT2D eigenvalue weighted by atomic mass is 10.2. The number of ether oxygens (including phenoxy) is 1. The second-order valence-electron chi connectivity index (χ2n) is 4.52. The third kappa shape index (κ3) is 2.45. The Labute approximate surface area is 119 Å². The highest BCUT2D eigenvalue weighted by Crippen LogP contribution is 2.26. The van der Waals surface area contributed by atoms with Gasteiger partial charge in [0.05, 0.1) is 0 Å². The average Bonchev–Trinajstić information content (AvgIpc) is 2.85. The van der Waals surface area contributed by atoms with Gasteiger partial charge >= 0.3 is 6.08 Å². The summed E-state index contributed by atoms with van der Waals surface area (Å²) >= 11 is 0. The van der Waals surface area contributed by atoms with E-state index in [1.54, 1.807) is 12.1 Å². The van der Waals surface area contributed by atoms with Crippen molar-refractivity contribution in [3.05, 3.63) is 42.2 Å². The summed E-state index contributed by atoms with van der Waals surface area (Å²) in [5, 5.41) is 0. The second kappa shape index (κ2) is 4.93. The van der Waals surface area contributed by atoms with Gasteiger partial charge in [-0.2, -0.15) is 14.4 Å². The molecule has 6 nitrogen and oxygen atoms in total. The van der Waals surface area contributed by atoms with Crippen molar-refractivity contribution in [1.82, 2.24) is 19.5 Å². The van der Waals surface area contributed by atoms with Crippen LogP contribution >= 0.6 is 0 Å². The molecule has 2 heterocycles. The minimum atomic E-state index is -0.979. The molecule has 0 atom stereocenters. The molecule has 0 saturated carbocycles. The molecule has 106 valence electrons. The summed E-state index contributed by atoms with van der Waals surface area (Å²) in [5.74, 6) is 0.149. The summed E-state index contributed by atoms with van der Waals surface area (Å²) in [5.41, 5.74) is 1.38. The van der Waals surface area contributed by atoms with Crippen molar-refractivity contribution < 1.29 is 13.9 Å². The first-order chi connectivity index (χ1) is 10.0. The van der Waals surface area contributed by atoms with Crippen LogP contribution in [0.5, 0.6) is 11.6 Å². The normalized spacial score (nSPS) is 10.8. The molecule has 1 aromatic carbocycles. The molecular formula is C14H11FN4O2. The topological polar surface area (TPSA) is 69.9 Å². The van der Waals surface area contributed by atoms with Crippen molar-refractivity contribution in [3.63, 3.8) is 0 Å². The van der Waals surface area contributed by atoms with Crippen LogP contribution in [0.15, 0.2) is 30.6 Å². The molecule has 0 fully saturated rings. The van der Waals surface area contributed by atoms with Crippen molar-refractivity contribution in [1.29, 1.82) is 0 Å². The summed E-state index contributed by atoms with van der Waals surface area (Å²) in [6.07, 6.45) is 0.288. The zero-order valence-corrected chi connectivity index (χ0v) is 11.4. The monoisotopic (exact) mass is 286 g/mol. The van der Waals surface area contributed by atoms with Crippen LogP contribution in [-0.4, -0.2) is 25.4 Å². The smallest absolute Gasteiger partial charge is 0.314 e. The fourth-order valence-corrected chi connectivity index (χ4v) is 1.87. The van der Waals surface area contributed by atoms with Gasteiger partial charge in [-0.1, -0.05) is 17.7 Å². The van der Waals surface area contributed by atoms with Crippen LogP contribution in [-0.2, 0) is 0 Å². The maximum atomic E-state index is 13.5. The quantitative estimate of drug-likeness (QED) is 0.677. The van der Waals surface area contributed by atoms with Crippen LogP contribution in [0.1, 0.15) is 17.3 Å². The Morgan fingerprint density at radius 2 is 1.95 bits per heavy atom. The minimum absolute atomic E-state index is 0.0265. The molecule has 21 heavy (non-hydrogen) atoms. The Hall–Kier alpha value is -2.83. The second-order valence-corrected chi connectivity index (χ2v) is 4.52. The average molecular weight is 286 g/mol. The zero-order valence-electron chi connectivity index (χ0n) is 11.4. The zero-order chi connectivity index (χ0) is 15.0. The van der Waals surface area contributed by atoms with Gasteiger partial charge in [0.25, 0.3) is 5.88 Å². The van der Waals surface area contributed by atoms with Gasteiger partial charge < -0.3 is 4.74 Å². The maximum absolute atomic E-state index is 13.5. The number of carbonyl (C=O) groups is 1. The van der Waals surface area contributed by atoms with Gasteiger partial charge in [0.1, 0.15) is 12.1 Å². The van der Waals surface area contributed by atoms with Gasteiger partial charge in [-0.05, 0) is 19.1 Å². The molecule has 0 saturated heterocycles. The summed E-state index contributed by atoms with van der Waals surface area (Å²) in [7, 11) is 0. The van der Waals surface area contributed by atoms with Gasteiger partial charge in [-0.25, -0.2) is 4.98 Å². The molecule has 0 spiro atoms. The van der Waals surface area contributed by atoms with Gasteiger partial charge in [0.2, 0.25) is 5.91 Å². The fraction of sp³-hybridized carbons (Fsp3) is 0.143. The predicted octanol–water partition coefficient (Wildman–Crippen LogP) is 2.73. The van der Waals surface area contributed by atoms with Crippen molar-refractivity contribution >= 4 is 17.1 Å². The molecule has 0 aliphatic carbocycles. The maximum Gasteiger partial charge on any atom is 0.314 e. The Balaban J connectivity index is 2.09. The first-order valence-electron chi connectivity index (χ1n) is 6.20.